The van der Waals surface area contributed by atoms with Crippen molar-refractivity contribution in [2.75, 3.05) is 13.1 Å². The van der Waals surface area contributed by atoms with Crippen molar-refractivity contribution in [3.05, 3.63) is 69.4 Å². The van der Waals surface area contributed by atoms with Gasteiger partial charge in [-0.05, 0) is 38.8 Å². The molecule has 1 spiro atoms. The maximum atomic E-state index is 12.7. The second-order valence-corrected chi connectivity index (χ2v) is 8.24. The first-order chi connectivity index (χ1) is 14.6. The van der Waals surface area contributed by atoms with Gasteiger partial charge in [0.05, 0.1) is 11.9 Å². The molecule has 1 saturated heterocycles. The molecule has 5 rings (SSSR count). The number of carbonyl (C=O) groups is 1. The number of hydrogen-bond donors (Lipinski definition) is 3. The molecule has 0 amide bonds. The van der Waals surface area contributed by atoms with Crippen LogP contribution in [0.5, 0.6) is 0 Å². The minimum atomic E-state index is -0.988. The number of aromatic nitrogens is 4. The van der Waals surface area contributed by atoms with E-state index in [0.717, 1.165) is 55.6 Å². The lowest BCUT2D eigenvalue weighted by molar-refractivity contribution is 0.0686. The SMILES string of the molecule is O=C(O)c1[nH]ncc1CN1CCC2(CCc3c2nc(-c2ccccc2)[nH]c3=O)CC1. The van der Waals surface area contributed by atoms with Gasteiger partial charge < -0.3 is 10.1 Å². The summed E-state index contributed by atoms with van der Waals surface area (Å²) in [6.07, 6.45) is 5.11. The van der Waals surface area contributed by atoms with Crippen LogP contribution in [-0.2, 0) is 18.4 Å². The number of hydrogen-bond acceptors (Lipinski definition) is 5. The highest BCUT2D eigenvalue weighted by Crippen LogP contribution is 2.44. The zero-order valence-corrected chi connectivity index (χ0v) is 16.5. The highest BCUT2D eigenvalue weighted by Gasteiger charge is 2.44. The molecule has 1 aromatic carbocycles. The second-order valence-electron chi connectivity index (χ2n) is 8.24. The summed E-state index contributed by atoms with van der Waals surface area (Å²) in [5.41, 5.74) is 3.45. The average Bonchev–Trinajstić information content (AvgIpc) is 3.36. The van der Waals surface area contributed by atoms with Crippen molar-refractivity contribution in [2.45, 2.75) is 37.6 Å². The molecule has 154 valence electrons. The first kappa shape index (κ1) is 18.7. The van der Waals surface area contributed by atoms with E-state index in [1.165, 1.54) is 0 Å². The molecule has 2 aromatic heterocycles. The van der Waals surface area contributed by atoms with Gasteiger partial charge in [-0.15, -0.1) is 0 Å². The standard InChI is InChI=1S/C22H23N5O3/c28-20-16-6-7-22(18(16)24-19(25-20)14-4-2-1-3-5-14)8-10-27(11-9-22)13-15-12-23-26-17(15)21(29)30/h1-5,12H,6-11,13H2,(H,23,26)(H,29,30)(H,24,25,28). The molecule has 0 unspecified atom stereocenters. The molecule has 3 N–H and O–H groups in total. The zero-order chi connectivity index (χ0) is 20.7. The molecule has 0 saturated carbocycles. The Morgan fingerprint density at radius 1 is 1.17 bits per heavy atom. The zero-order valence-electron chi connectivity index (χ0n) is 16.5. The summed E-state index contributed by atoms with van der Waals surface area (Å²) in [5, 5.41) is 15.7. The first-order valence-corrected chi connectivity index (χ1v) is 10.2. The van der Waals surface area contributed by atoms with Gasteiger partial charge in [0.1, 0.15) is 11.5 Å². The summed E-state index contributed by atoms with van der Waals surface area (Å²) < 4.78 is 0. The normalized spacial score (nSPS) is 17.9. The molecule has 1 aliphatic heterocycles. The quantitative estimate of drug-likeness (QED) is 0.614. The Kier molecular flexibility index (Phi) is 4.51. The Labute approximate surface area is 173 Å². The number of carboxylic acids is 1. The number of aromatic carboxylic acids is 1. The highest BCUT2D eigenvalue weighted by atomic mass is 16.4. The van der Waals surface area contributed by atoms with Gasteiger partial charge in [-0.25, -0.2) is 9.78 Å². The van der Waals surface area contributed by atoms with E-state index in [-0.39, 0.29) is 16.7 Å². The summed E-state index contributed by atoms with van der Waals surface area (Å²) in [7, 11) is 0. The van der Waals surface area contributed by atoms with Crippen LogP contribution >= 0.6 is 0 Å². The van der Waals surface area contributed by atoms with Gasteiger partial charge in [-0.2, -0.15) is 5.10 Å². The monoisotopic (exact) mass is 405 g/mol. The number of H-pyrrole nitrogens is 2. The van der Waals surface area contributed by atoms with Crippen molar-refractivity contribution in [3.63, 3.8) is 0 Å². The summed E-state index contributed by atoms with van der Waals surface area (Å²) in [6, 6.07) is 9.75. The lowest BCUT2D eigenvalue weighted by Crippen LogP contribution is -2.42. The van der Waals surface area contributed by atoms with Crippen LogP contribution in [0.3, 0.4) is 0 Å². The van der Waals surface area contributed by atoms with Crippen LogP contribution in [-0.4, -0.2) is 49.2 Å². The van der Waals surface area contributed by atoms with E-state index in [9.17, 15) is 14.7 Å². The molecular weight excluding hydrogens is 382 g/mol. The van der Waals surface area contributed by atoms with Crippen molar-refractivity contribution >= 4 is 5.97 Å². The molecule has 0 radical (unpaired) electrons. The molecule has 1 fully saturated rings. The van der Waals surface area contributed by atoms with Crippen LogP contribution in [0.25, 0.3) is 11.4 Å². The number of piperidine rings is 1. The van der Waals surface area contributed by atoms with E-state index in [1.54, 1.807) is 6.20 Å². The van der Waals surface area contributed by atoms with Gasteiger partial charge in [0, 0.05) is 28.7 Å². The first-order valence-electron chi connectivity index (χ1n) is 10.2. The van der Waals surface area contributed by atoms with Gasteiger partial charge in [-0.3, -0.25) is 14.8 Å². The number of nitrogens with zero attached hydrogens (tertiary/aromatic N) is 3. The molecule has 1 aliphatic carbocycles. The number of likely N-dealkylation sites (tertiary alicyclic amines) is 1. The maximum absolute atomic E-state index is 12.7. The Balaban J connectivity index is 1.38. The minimum Gasteiger partial charge on any atom is -0.477 e. The van der Waals surface area contributed by atoms with Crippen molar-refractivity contribution in [3.8, 4) is 11.4 Å². The van der Waals surface area contributed by atoms with E-state index in [4.69, 9.17) is 4.98 Å². The number of carboxylic acid groups (broad SMARTS) is 1. The number of fused-ring (bicyclic) bond motifs is 2. The van der Waals surface area contributed by atoms with Crippen molar-refractivity contribution < 1.29 is 9.90 Å². The fourth-order valence-corrected chi connectivity index (χ4v) is 4.87. The van der Waals surface area contributed by atoms with Crippen molar-refractivity contribution in [1.29, 1.82) is 0 Å². The van der Waals surface area contributed by atoms with Crippen LogP contribution < -0.4 is 5.56 Å². The van der Waals surface area contributed by atoms with Crippen LogP contribution in [0.4, 0.5) is 0 Å². The maximum Gasteiger partial charge on any atom is 0.354 e. The van der Waals surface area contributed by atoms with Crippen molar-refractivity contribution in [1.82, 2.24) is 25.1 Å². The molecule has 8 heteroatoms. The van der Waals surface area contributed by atoms with E-state index in [1.807, 2.05) is 30.3 Å². The largest absolute Gasteiger partial charge is 0.477 e. The van der Waals surface area contributed by atoms with Gasteiger partial charge in [0.25, 0.3) is 5.56 Å². The lowest BCUT2D eigenvalue weighted by Gasteiger charge is -2.39. The molecule has 2 aliphatic rings. The molecule has 0 atom stereocenters. The predicted molar refractivity (Wildman–Crippen MR) is 110 cm³/mol. The van der Waals surface area contributed by atoms with E-state index in [0.29, 0.717) is 17.9 Å². The Morgan fingerprint density at radius 3 is 2.67 bits per heavy atom. The number of aromatic amines is 2. The van der Waals surface area contributed by atoms with Gasteiger partial charge in [0.15, 0.2) is 0 Å². The Morgan fingerprint density at radius 2 is 1.93 bits per heavy atom. The van der Waals surface area contributed by atoms with Gasteiger partial charge in [-0.1, -0.05) is 30.3 Å². The average molecular weight is 405 g/mol. The topological polar surface area (TPSA) is 115 Å². The summed E-state index contributed by atoms with van der Waals surface area (Å²) >= 11 is 0. The number of benzene rings is 1. The van der Waals surface area contributed by atoms with Crippen molar-refractivity contribution in [2.24, 2.45) is 0 Å². The van der Waals surface area contributed by atoms with Gasteiger partial charge >= 0.3 is 5.97 Å². The molecule has 3 aromatic rings. The van der Waals surface area contributed by atoms with Crippen LogP contribution in [0.15, 0.2) is 41.3 Å². The summed E-state index contributed by atoms with van der Waals surface area (Å²) in [6.45, 7) is 2.22. The van der Waals surface area contributed by atoms with Crippen LogP contribution in [0.2, 0.25) is 0 Å². The number of nitrogens with one attached hydrogen (secondary N) is 2. The third kappa shape index (κ3) is 3.13. The molecule has 3 heterocycles. The van der Waals surface area contributed by atoms with E-state index >= 15 is 0 Å². The molecule has 8 nitrogen and oxygen atoms in total. The third-order valence-corrected chi connectivity index (χ3v) is 6.56. The predicted octanol–water partition coefficient (Wildman–Crippen LogP) is 2.34. The Bertz CT molecular complexity index is 1140. The van der Waals surface area contributed by atoms with Crippen LogP contribution in [0.1, 0.15) is 46.6 Å². The molecular formula is C22H23N5O3. The van der Waals surface area contributed by atoms with E-state index in [2.05, 4.69) is 20.1 Å². The minimum absolute atomic E-state index is 0.0253. The summed E-state index contributed by atoms with van der Waals surface area (Å²) in [5.74, 6) is -0.356. The molecule has 0 bridgehead atoms. The highest BCUT2D eigenvalue weighted by molar-refractivity contribution is 5.86. The third-order valence-electron chi connectivity index (χ3n) is 6.56. The summed E-state index contributed by atoms with van der Waals surface area (Å²) in [4.78, 5) is 34.2. The van der Waals surface area contributed by atoms with E-state index < -0.39 is 5.97 Å². The Hall–Kier alpha value is -3.26. The van der Waals surface area contributed by atoms with Crippen LogP contribution in [0, 0.1) is 0 Å². The molecule has 30 heavy (non-hydrogen) atoms. The lowest BCUT2D eigenvalue weighted by atomic mass is 9.76. The number of rotatable bonds is 4. The fraction of sp³-hybridized carbons (Fsp3) is 0.364. The second kappa shape index (κ2) is 7.21. The smallest absolute Gasteiger partial charge is 0.354 e. The fourth-order valence-electron chi connectivity index (χ4n) is 4.87. The van der Waals surface area contributed by atoms with Gasteiger partial charge in [0.2, 0.25) is 0 Å².